The van der Waals surface area contributed by atoms with Crippen LogP contribution in [0, 0.1) is 0 Å². The molecule has 1 fully saturated rings. The van der Waals surface area contributed by atoms with E-state index in [9.17, 15) is 9.90 Å². The molecule has 1 saturated heterocycles. The van der Waals surface area contributed by atoms with E-state index in [1.165, 1.54) is 6.07 Å². The van der Waals surface area contributed by atoms with Gasteiger partial charge in [-0.25, -0.2) is 0 Å². The van der Waals surface area contributed by atoms with Gasteiger partial charge >= 0.3 is 0 Å². The first-order chi connectivity index (χ1) is 9.10. The zero-order chi connectivity index (χ0) is 15.1. The zero-order valence-electron chi connectivity index (χ0n) is 12.2. The number of benzene rings is 1. The van der Waals surface area contributed by atoms with Crippen LogP contribution < -0.4 is 0 Å². The topological polar surface area (TPSA) is 49.8 Å². The Morgan fingerprint density at radius 2 is 1.80 bits per heavy atom. The van der Waals surface area contributed by atoms with Crippen LogP contribution >= 0.6 is 15.9 Å². The number of nitrogens with zero attached hydrogens (tertiary/aromatic N) is 1. The van der Waals surface area contributed by atoms with Gasteiger partial charge in [-0.2, -0.15) is 0 Å². The van der Waals surface area contributed by atoms with Crippen molar-refractivity contribution < 1.29 is 14.6 Å². The molecule has 4 nitrogen and oxygen atoms in total. The van der Waals surface area contributed by atoms with E-state index in [-0.39, 0.29) is 22.9 Å². The Bertz CT molecular complexity index is 524. The molecule has 0 saturated carbocycles. The van der Waals surface area contributed by atoms with Gasteiger partial charge < -0.3 is 14.7 Å². The lowest BCUT2D eigenvalue weighted by Gasteiger charge is -2.47. The molecule has 1 amide bonds. The Labute approximate surface area is 127 Å². The first kappa shape index (κ1) is 15.3. The van der Waals surface area contributed by atoms with Crippen LogP contribution in [0.2, 0.25) is 0 Å². The number of halogens is 1. The van der Waals surface area contributed by atoms with Gasteiger partial charge in [0.05, 0.1) is 15.7 Å². The van der Waals surface area contributed by atoms with Crippen LogP contribution in [0.1, 0.15) is 38.1 Å². The summed E-state index contributed by atoms with van der Waals surface area (Å²) in [6, 6.07) is 4.88. The molecule has 2 rings (SSSR count). The van der Waals surface area contributed by atoms with Gasteiger partial charge in [0.1, 0.15) is 5.75 Å². The van der Waals surface area contributed by atoms with Crippen LogP contribution in [-0.4, -0.2) is 40.2 Å². The van der Waals surface area contributed by atoms with Crippen molar-refractivity contribution in [3.8, 4) is 5.75 Å². The third-order valence-electron chi connectivity index (χ3n) is 3.18. The van der Waals surface area contributed by atoms with Gasteiger partial charge in [-0.1, -0.05) is 0 Å². The Balaban J connectivity index is 2.26. The number of phenolic OH excluding ortho intramolecular Hbond substituents is 1. The highest BCUT2D eigenvalue weighted by Gasteiger charge is 2.40. The Kier molecular flexibility index (Phi) is 3.86. The smallest absolute Gasteiger partial charge is 0.254 e. The quantitative estimate of drug-likeness (QED) is 0.853. The van der Waals surface area contributed by atoms with E-state index < -0.39 is 0 Å². The van der Waals surface area contributed by atoms with E-state index >= 15 is 0 Å². The lowest BCUT2D eigenvalue weighted by atomic mass is 9.98. The molecule has 0 aromatic heterocycles. The van der Waals surface area contributed by atoms with Crippen molar-refractivity contribution >= 4 is 21.8 Å². The van der Waals surface area contributed by atoms with Crippen molar-refractivity contribution in [2.75, 3.05) is 13.1 Å². The minimum absolute atomic E-state index is 0.0719. The zero-order valence-corrected chi connectivity index (χ0v) is 13.8. The van der Waals surface area contributed by atoms with Gasteiger partial charge in [0.2, 0.25) is 0 Å². The molecule has 1 heterocycles. The Hall–Kier alpha value is -1.07. The van der Waals surface area contributed by atoms with E-state index in [1.807, 2.05) is 27.7 Å². The molecule has 0 aliphatic carbocycles. The number of morpholine rings is 1. The highest BCUT2D eigenvalue weighted by Crippen LogP contribution is 2.30. The monoisotopic (exact) mass is 341 g/mol. The van der Waals surface area contributed by atoms with Crippen LogP contribution in [-0.2, 0) is 4.74 Å². The SMILES string of the molecule is CC1(C)CN(C(=O)c2ccc(Br)c(O)c2)CC(C)(C)O1. The fourth-order valence-corrected chi connectivity index (χ4v) is 3.01. The molecular formula is C15H20BrNO3. The summed E-state index contributed by atoms with van der Waals surface area (Å²) < 4.78 is 6.55. The highest BCUT2D eigenvalue weighted by molar-refractivity contribution is 9.10. The Morgan fingerprint density at radius 3 is 2.30 bits per heavy atom. The van der Waals surface area contributed by atoms with Crippen LogP contribution in [0.3, 0.4) is 0 Å². The predicted molar refractivity (Wildman–Crippen MR) is 81.0 cm³/mol. The molecule has 110 valence electrons. The summed E-state index contributed by atoms with van der Waals surface area (Å²) in [5.41, 5.74) is -0.275. The molecule has 0 atom stereocenters. The van der Waals surface area contributed by atoms with Gasteiger partial charge in [-0.05, 0) is 61.8 Å². The van der Waals surface area contributed by atoms with Crippen LogP contribution in [0.5, 0.6) is 5.75 Å². The molecule has 1 aliphatic heterocycles. The minimum atomic E-state index is -0.380. The van der Waals surface area contributed by atoms with Crippen molar-refractivity contribution in [2.45, 2.75) is 38.9 Å². The first-order valence-electron chi connectivity index (χ1n) is 6.58. The maximum Gasteiger partial charge on any atom is 0.254 e. The fourth-order valence-electron chi connectivity index (χ4n) is 2.76. The minimum Gasteiger partial charge on any atom is -0.507 e. The number of rotatable bonds is 1. The highest BCUT2D eigenvalue weighted by atomic mass is 79.9. The maximum atomic E-state index is 12.6. The predicted octanol–water partition coefficient (Wildman–Crippen LogP) is 3.18. The number of carbonyl (C=O) groups excluding carboxylic acids is 1. The van der Waals surface area contributed by atoms with Crippen molar-refractivity contribution in [2.24, 2.45) is 0 Å². The van der Waals surface area contributed by atoms with E-state index in [2.05, 4.69) is 15.9 Å². The Morgan fingerprint density at radius 1 is 1.25 bits per heavy atom. The third-order valence-corrected chi connectivity index (χ3v) is 3.85. The van der Waals surface area contributed by atoms with E-state index in [4.69, 9.17) is 4.74 Å². The van der Waals surface area contributed by atoms with Gasteiger partial charge in [0.25, 0.3) is 5.91 Å². The molecule has 1 aromatic rings. The number of aromatic hydroxyl groups is 1. The lowest BCUT2D eigenvalue weighted by Crippen LogP contribution is -2.58. The molecule has 0 radical (unpaired) electrons. The average Bonchev–Trinajstić information content (AvgIpc) is 2.27. The van der Waals surface area contributed by atoms with Crippen LogP contribution in [0.4, 0.5) is 0 Å². The number of hydrogen-bond acceptors (Lipinski definition) is 3. The summed E-state index contributed by atoms with van der Waals surface area (Å²) >= 11 is 3.22. The number of carbonyl (C=O) groups is 1. The molecular weight excluding hydrogens is 322 g/mol. The van der Waals surface area contributed by atoms with Crippen molar-refractivity contribution in [1.82, 2.24) is 4.90 Å². The molecule has 1 aromatic carbocycles. The lowest BCUT2D eigenvalue weighted by molar-refractivity contribution is -0.171. The van der Waals surface area contributed by atoms with Gasteiger partial charge in [-0.3, -0.25) is 4.79 Å². The normalized spacial score (nSPS) is 20.8. The standard InChI is InChI=1S/C15H20BrNO3/c1-14(2)8-17(9-15(3,4)20-14)13(19)10-5-6-11(16)12(18)7-10/h5-7,18H,8-9H2,1-4H3. The molecule has 0 unspecified atom stereocenters. The summed E-state index contributed by atoms with van der Waals surface area (Å²) in [6.45, 7) is 8.99. The first-order valence-corrected chi connectivity index (χ1v) is 7.37. The average molecular weight is 342 g/mol. The molecule has 1 N–H and O–H groups in total. The summed E-state index contributed by atoms with van der Waals surface area (Å²) in [6.07, 6.45) is 0. The number of ether oxygens (including phenoxy) is 1. The number of phenols is 1. The second-order valence-corrected chi connectivity index (χ2v) is 7.30. The maximum absolute atomic E-state index is 12.6. The van der Waals surface area contributed by atoms with E-state index in [0.29, 0.717) is 23.1 Å². The molecule has 20 heavy (non-hydrogen) atoms. The summed E-state index contributed by atoms with van der Waals surface area (Å²) in [7, 11) is 0. The third kappa shape index (κ3) is 3.33. The van der Waals surface area contributed by atoms with E-state index in [0.717, 1.165) is 0 Å². The van der Waals surface area contributed by atoms with Crippen molar-refractivity contribution in [3.63, 3.8) is 0 Å². The summed E-state index contributed by atoms with van der Waals surface area (Å²) in [4.78, 5) is 14.4. The molecule has 1 aliphatic rings. The molecule has 5 heteroatoms. The second-order valence-electron chi connectivity index (χ2n) is 6.45. The number of hydrogen-bond donors (Lipinski definition) is 1. The van der Waals surface area contributed by atoms with Gasteiger partial charge in [-0.15, -0.1) is 0 Å². The molecule has 0 bridgehead atoms. The largest absolute Gasteiger partial charge is 0.507 e. The van der Waals surface area contributed by atoms with Crippen molar-refractivity contribution in [3.05, 3.63) is 28.2 Å². The van der Waals surface area contributed by atoms with Crippen LogP contribution in [0.15, 0.2) is 22.7 Å². The summed E-state index contributed by atoms with van der Waals surface area (Å²) in [5.74, 6) is -0.0140. The van der Waals surface area contributed by atoms with Crippen LogP contribution in [0.25, 0.3) is 0 Å². The van der Waals surface area contributed by atoms with Gasteiger partial charge in [0.15, 0.2) is 0 Å². The van der Waals surface area contributed by atoms with Gasteiger partial charge in [0, 0.05) is 18.7 Å². The molecule has 0 spiro atoms. The fraction of sp³-hybridized carbons (Fsp3) is 0.533. The summed E-state index contributed by atoms with van der Waals surface area (Å²) in [5, 5.41) is 9.71. The van der Waals surface area contributed by atoms with Crippen molar-refractivity contribution in [1.29, 1.82) is 0 Å². The van der Waals surface area contributed by atoms with E-state index in [1.54, 1.807) is 17.0 Å². The number of amides is 1. The second kappa shape index (κ2) is 5.04.